The highest BCUT2D eigenvalue weighted by atomic mass is 32.1. The SMILES string of the molecule is Cc1nc(C)c2c(C)c(C(=O)Nc3cccc(OCc4cn5ccccc5n4)c3)sc2n1. The molecule has 160 valence electrons. The van der Waals surface area contributed by atoms with E-state index in [1.54, 1.807) is 0 Å². The predicted molar refractivity (Wildman–Crippen MR) is 126 cm³/mol. The summed E-state index contributed by atoms with van der Waals surface area (Å²) in [4.78, 5) is 27.9. The molecule has 32 heavy (non-hydrogen) atoms. The van der Waals surface area contributed by atoms with Crippen LogP contribution in [0.25, 0.3) is 15.9 Å². The number of benzene rings is 1. The molecule has 0 saturated heterocycles. The maximum Gasteiger partial charge on any atom is 0.266 e. The van der Waals surface area contributed by atoms with Gasteiger partial charge in [-0.1, -0.05) is 12.1 Å². The molecule has 5 rings (SSSR count). The first kappa shape index (κ1) is 20.1. The third kappa shape index (κ3) is 3.80. The quantitative estimate of drug-likeness (QED) is 0.409. The van der Waals surface area contributed by atoms with Crippen molar-refractivity contribution in [3.05, 3.63) is 82.5 Å². The van der Waals surface area contributed by atoms with Gasteiger partial charge in [0.05, 0.1) is 10.6 Å². The van der Waals surface area contributed by atoms with Crippen LogP contribution in [0.2, 0.25) is 0 Å². The predicted octanol–water partition coefficient (Wildman–Crippen LogP) is 5.10. The van der Waals surface area contributed by atoms with Crippen molar-refractivity contribution in [2.75, 3.05) is 5.32 Å². The van der Waals surface area contributed by atoms with E-state index in [0.29, 0.717) is 28.7 Å². The lowest BCUT2D eigenvalue weighted by Crippen LogP contribution is -2.11. The Kier molecular flexibility index (Phi) is 5.07. The molecule has 1 N–H and O–H groups in total. The van der Waals surface area contributed by atoms with Crippen LogP contribution in [0.5, 0.6) is 5.75 Å². The molecule has 0 aliphatic carbocycles. The Balaban J connectivity index is 1.32. The van der Waals surface area contributed by atoms with Crippen LogP contribution in [0, 0.1) is 20.8 Å². The summed E-state index contributed by atoms with van der Waals surface area (Å²) < 4.78 is 7.86. The van der Waals surface area contributed by atoms with Crippen molar-refractivity contribution < 1.29 is 9.53 Å². The number of pyridine rings is 1. The molecule has 4 aromatic heterocycles. The summed E-state index contributed by atoms with van der Waals surface area (Å²) in [5, 5.41) is 3.93. The molecule has 0 saturated carbocycles. The van der Waals surface area contributed by atoms with E-state index in [1.165, 1.54) is 11.3 Å². The van der Waals surface area contributed by atoms with Crippen LogP contribution in [-0.2, 0) is 6.61 Å². The summed E-state index contributed by atoms with van der Waals surface area (Å²) in [5.41, 5.74) is 4.17. The fourth-order valence-corrected chi connectivity index (χ4v) is 4.93. The number of carbonyl (C=O) groups is 1. The largest absolute Gasteiger partial charge is 0.487 e. The lowest BCUT2D eigenvalue weighted by Gasteiger charge is -2.08. The van der Waals surface area contributed by atoms with Gasteiger partial charge in [-0.3, -0.25) is 4.79 Å². The van der Waals surface area contributed by atoms with Crippen LogP contribution < -0.4 is 10.1 Å². The highest BCUT2D eigenvalue weighted by Gasteiger charge is 2.19. The second-order valence-electron chi connectivity index (χ2n) is 7.56. The fraction of sp³-hybridized carbons (Fsp3) is 0.167. The van der Waals surface area contributed by atoms with Gasteiger partial charge in [0, 0.05) is 35.2 Å². The number of thiophene rings is 1. The van der Waals surface area contributed by atoms with Gasteiger partial charge in [-0.05, 0) is 50.6 Å². The Morgan fingerprint density at radius 1 is 1.09 bits per heavy atom. The molecule has 8 heteroatoms. The fourth-order valence-electron chi connectivity index (χ4n) is 3.76. The minimum Gasteiger partial charge on any atom is -0.487 e. The minimum absolute atomic E-state index is 0.167. The van der Waals surface area contributed by atoms with E-state index in [2.05, 4.69) is 20.3 Å². The third-order valence-electron chi connectivity index (χ3n) is 5.18. The first-order chi connectivity index (χ1) is 15.5. The van der Waals surface area contributed by atoms with E-state index in [0.717, 1.165) is 32.8 Å². The second-order valence-corrected chi connectivity index (χ2v) is 8.56. The Morgan fingerprint density at radius 2 is 1.97 bits per heavy atom. The molecule has 0 aliphatic heterocycles. The first-order valence-electron chi connectivity index (χ1n) is 10.2. The van der Waals surface area contributed by atoms with Crippen LogP contribution in [0.15, 0.2) is 54.9 Å². The Bertz CT molecular complexity index is 1440. The summed E-state index contributed by atoms with van der Waals surface area (Å²) in [6.45, 7) is 6.08. The van der Waals surface area contributed by atoms with Gasteiger partial charge in [-0.25, -0.2) is 15.0 Å². The molecule has 0 atom stereocenters. The number of carbonyl (C=O) groups excluding carboxylic acids is 1. The summed E-state index contributed by atoms with van der Waals surface area (Å²) in [7, 11) is 0. The van der Waals surface area contributed by atoms with Gasteiger partial charge in [-0.15, -0.1) is 11.3 Å². The normalized spacial score (nSPS) is 11.2. The number of aromatic nitrogens is 4. The van der Waals surface area contributed by atoms with Crippen molar-refractivity contribution >= 4 is 38.8 Å². The summed E-state index contributed by atoms with van der Waals surface area (Å²) in [5.74, 6) is 1.20. The van der Waals surface area contributed by atoms with Crippen LogP contribution >= 0.6 is 11.3 Å². The molecule has 0 aliphatic rings. The summed E-state index contributed by atoms with van der Waals surface area (Å²) >= 11 is 1.39. The molecule has 0 fully saturated rings. The van der Waals surface area contributed by atoms with Crippen molar-refractivity contribution in [3.8, 4) is 5.75 Å². The number of amides is 1. The topological polar surface area (TPSA) is 81.4 Å². The minimum atomic E-state index is -0.167. The van der Waals surface area contributed by atoms with Gasteiger partial charge < -0.3 is 14.5 Å². The number of hydrogen-bond acceptors (Lipinski definition) is 6. The number of anilines is 1. The van der Waals surface area contributed by atoms with E-state index in [9.17, 15) is 4.79 Å². The number of nitrogens with zero attached hydrogens (tertiary/aromatic N) is 4. The first-order valence-corrected chi connectivity index (χ1v) is 11.0. The van der Waals surface area contributed by atoms with E-state index >= 15 is 0 Å². The highest BCUT2D eigenvalue weighted by molar-refractivity contribution is 7.20. The Hall–Kier alpha value is -3.78. The summed E-state index contributed by atoms with van der Waals surface area (Å²) in [6.07, 6.45) is 3.89. The van der Waals surface area contributed by atoms with E-state index < -0.39 is 0 Å². The molecule has 0 radical (unpaired) electrons. The van der Waals surface area contributed by atoms with Gasteiger partial charge in [-0.2, -0.15) is 0 Å². The molecule has 0 spiro atoms. The molecule has 5 aromatic rings. The standard InChI is InChI=1S/C24H21N5O2S/c1-14-21-15(2)25-16(3)26-24(21)32-22(14)23(30)28-17-7-6-8-19(11-17)31-13-18-12-29-10-5-4-9-20(29)27-18/h4-12H,13H2,1-3H3,(H,28,30). The maximum atomic E-state index is 13.0. The zero-order chi connectivity index (χ0) is 22.2. The average Bonchev–Trinajstić information content (AvgIpc) is 3.33. The van der Waals surface area contributed by atoms with Gasteiger partial charge >= 0.3 is 0 Å². The molecule has 1 aromatic carbocycles. The van der Waals surface area contributed by atoms with Gasteiger partial charge in [0.1, 0.15) is 28.7 Å². The smallest absolute Gasteiger partial charge is 0.266 e. The van der Waals surface area contributed by atoms with Crippen LogP contribution in [-0.4, -0.2) is 25.3 Å². The molecule has 0 bridgehead atoms. The van der Waals surface area contributed by atoms with Gasteiger partial charge in [0.2, 0.25) is 0 Å². The molecular weight excluding hydrogens is 422 g/mol. The lowest BCUT2D eigenvalue weighted by molar-refractivity contribution is 0.103. The number of aryl methyl sites for hydroxylation is 3. The van der Waals surface area contributed by atoms with Crippen molar-refractivity contribution in [1.82, 2.24) is 19.4 Å². The van der Waals surface area contributed by atoms with Gasteiger partial charge in [0.25, 0.3) is 5.91 Å². The van der Waals surface area contributed by atoms with Crippen molar-refractivity contribution in [1.29, 1.82) is 0 Å². The Labute approximate surface area is 188 Å². The zero-order valence-corrected chi connectivity index (χ0v) is 18.7. The second kappa shape index (κ2) is 8.05. The van der Waals surface area contributed by atoms with E-state index in [1.807, 2.05) is 80.0 Å². The molecule has 4 heterocycles. The molecule has 0 unspecified atom stereocenters. The maximum absolute atomic E-state index is 13.0. The summed E-state index contributed by atoms with van der Waals surface area (Å²) in [6, 6.07) is 13.2. The van der Waals surface area contributed by atoms with E-state index in [4.69, 9.17) is 4.74 Å². The highest BCUT2D eigenvalue weighted by Crippen LogP contribution is 2.32. The number of rotatable bonds is 5. The van der Waals surface area contributed by atoms with Crippen molar-refractivity contribution in [2.45, 2.75) is 27.4 Å². The number of hydrogen-bond donors (Lipinski definition) is 1. The van der Waals surface area contributed by atoms with Crippen LogP contribution in [0.3, 0.4) is 0 Å². The average molecular weight is 444 g/mol. The Morgan fingerprint density at radius 3 is 2.81 bits per heavy atom. The number of imidazole rings is 1. The third-order valence-corrected chi connectivity index (χ3v) is 6.37. The molecule has 1 amide bonds. The number of nitrogens with one attached hydrogen (secondary N) is 1. The van der Waals surface area contributed by atoms with Crippen LogP contribution in [0.1, 0.15) is 32.4 Å². The van der Waals surface area contributed by atoms with E-state index in [-0.39, 0.29) is 5.91 Å². The number of fused-ring (bicyclic) bond motifs is 2. The van der Waals surface area contributed by atoms with Crippen molar-refractivity contribution in [3.63, 3.8) is 0 Å². The van der Waals surface area contributed by atoms with Gasteiger partial charge in [0.15, 0.2) is 0 Å². The lowest BCUT2D eigenvalue weighted by atomic mass is 10.1. The monoisotopic (exact) mass is 443 g/mol. The van der Waals surface area contributed by atoms with Crippen LogP contribution in [0.4, 0.5) is 5.69 Å². The molecule has 7 nitrogen and oxygen atoms in total. The number of ether oxygens (including phenoxy) is 1. The van der Waals surface area contributed by atoms with Crippen molar-refractivity contribution in [2.24, 2.45) is 0 Å². The molecular formula is C24H21N5O2S. The zero-order valence-electron chi connectivity index (χ0n) is 17.9.